The molecule has 6 nitrogen and oxygen atoms in total. The quantitative estimate of drug-likeness (QED) is 0.768. The van der Waals surface area contributed by atoms with E-state index in [0.29, 0.717) is 31.7 Å². The summed E-state index contributed by atoms with van der Waals surface area (Å²) in [7, 11) is 0. The molecule has 2 aromatic rings. The highest BCUT2D eigenvalue weighted by atomic mass is 16.5. The van der Waals surface area contributed by atoms with Gasteiger partial charge in [0.25, 0.3) is 0 Å². The van der Waals surface area contributed by atoms with Gasteiger partial charge in [0.2, 0.25) is 0 Å². The molecule has 136 valence electrons. The lowest BCUT2D eigenvalue weighted by Crippen LogP contribution is -2.48. The Bertz CT molecular complexity index is 740. The topological polar surface area (TPSA) is 87.7 Å². The van der Waals surface area contributed by atoms with E-state index in [2.05, 4.69) is 10.6 Å². The third kappa shape index (κ3) is 4.61. The van der Waals surface area contributed by atoms with Gasteiger partial charge < -0.3 is 20.5 Å². The monoisotopic (exact) mass is 354 g/mol. The molecule has 0 aromatic heterocycles. The van der Waals surface area contributed by atoms with Gasteiger partial charge in [0.1, 0.15) is 6.04 Å². The number of ether oxygens (including phenoxy) is 1. The molecular weight excluding hydrogens is 332 g/mol. The van der Waals surface area contributed by atoms with E-state index < -0.39 is 18.0 Å². The maximum atomic E-state index is 12.2. The van der Waals surface area contributed by atoms with Crippen LogP contribution in [0.2, 0.25) is 0 Å². The van der Waals surface area contributed by atoms with Gasteiger partial charge in [0.05, 0.1) is 0 Å². The van der Waals surface area contributed by atoms with Crippen LogP contribution in [0.5, 0.6) is 0 Å². The Morgan fingerprint density at radius 1 is 0.962 bits per heavy atom. The number of carboxylic acid groups (broad SMARTS) is 1. The maximum Gasteiger partial charge on any atom is 0.326 e. The van der Waals surface area contributed by atoms with Gasteiger partial charge in [-0.3, -0.25) is 0 Å². The zero-order valence-corrected chi connectivity index (χ0v) is 14.4. The molecule has 0 unspecified atom stereocenters. The lowest BCUT2D eigenvalue weighted by Gasteiger charge is -2.28. The van der Waals surface area contributed by atoms with Crippen molar-refractivity contribution < 1.29 is 19.4 Å². The molecule has 0 radical (unpaired) electrons. The number of amides is 2. The minimum absolute atomic E-state index is 0.118. The third-order valence-corrected chi connectivity index (χ3v) is 4.54. The van der Waals surface area contributed by atoms with Crippen molar-refractivity contribution in [2.45, 2.75) is 18.9 Å². The molecule has 0 spiro atoms. The molecule has 0 bridgehead atoms. The van der Waals surface area contributed by atoms with Crippen molar-refractivity contribution >= 4 is 17.7 Å². The number of carbonyl (C=O) groups is 2. The summed E-state index contributed by atoms with van der Waals surface area (Å²) in [6.07, 6.45) is 1.26. The molecule has 1 atom stereocenters. The molecule has 1 aliphatic heterocycles. The molecule has 0 aliphatic carbocycles. The largest absolute Gasteiger partial charge is 0.480 e. The second-order valence-electron chi connectivity index (χ2n) is 6.31. The Morgan fingerprint density at radius 2 is 1.58 bits per heavy atom. The fourth-order valence-corrected chi connectivity index (χ4v) is 3.12. The predicted molar refractivity (Wildman–Crippen MR) is 99.0 cm³/mol. The number of rotatable bonds is 5. The van der Waals surface area contributed by atoms with Crippen LogP contribution >= 0.6 is 0 Å². The van der Waals surface area contributed by atoms with Gasteiger partial charge >= 0.3 is 12.0 Å². The molecule has 3 rings (SSSR count). The van der Waals surface area contributed by atoms with Crippen LogP contribution in [-0.2, 0) is 9.53 Å². The summed E-state index contributed by atoms with van der Waals surface area (Å²) in [6, 6.07) is 15.9. The molecular formula is C20H22N2O4. The van der Waals surface area contributed by atoms with Crippen molar-refractivity contribution in [3.8, 4) is 11.1 Å². The number of benzene rings is 2. The fourth-order valence-electron chi connectivity index (χ4n) is 3.12. The Balaban J connectivity index is 1.60. The van der Waals surface area contributed by atoms with Crippen LogP contribution < -0.4 is 10.6 Å². The Morgan fingerprint density at radius 3 is 2.19 bits per heavy atom. The van der Waals surface area contributed by atoms with Gasteiger partial charge in [-0.1, -0.05) is 42.5 Å². The van der Waals surface area contributed by atoms with Crippen molar-refractivity contribution in [1.82, 2.24) is 5.32 Å². The highest BCUT2D eigenvalue weighted by molar-refractivity contribution is 5.92. The van der Waals surface area contributed by atoms with Gasteiger partial charge in [0, 0.05) is 18.9 Å². The van der Waals surface area contributed by atoms with Crippen LogP contribution in [0.4, 0.5) is 10.5 Å². The number of urea groups is 1. The molecule has 1 fully saturated rings. The molecule has 0 saturated carbocycles. The summed E-state index contributed by atoms with van der Waals surface area (Å²) in [6.45, 7) is 1.05. The van der Waals surface area contributed by atoms with Gasteiger partial charge in [-0.05, 0) is 42.0 Å². The molecule has 2 amide bonds. The van der Waals surface area contributed by atoms with Gasteiger partial charge in [-0.2, -0.15) is 0 Å². The first-order chi connectivity index (χ1) is 12.6. The number of aliphatic carboxylic acids is 1. The first-order valence-electron chi connectivity index (χ1n) is 8.67. The van der Waals surface area contributed by atoms with E-state index >= 15 is 0 Å². The molecule has 3 N–H and O–H groups in total. The Hall–Kier alpha value is -2.86. The van der Waals surface area contributed by atoms with Crippen molar-refractivity contribution in [3.05, 3.63) is 54.6 Å². The predicted octanol–water partition coefficient (Wildman–Crippen LogP) is 3.35. The number of anilines is 1. The summed E-state index contributed by atoms with van der Waals surface area (Å²) in [5.41, 5.74) is 2.74. The van der Waals surface area contributed by atoms with Gasteiger partial charge in [-0.25, -0.2) is 9.59 Å². The Labute approximate surface area is 152 Å². The van der Waals surface area contributed by atoms with Crippen molar-refractivity contribution in [1.29, 1.82) is 0 Å². The molecule has 26 heavy (non-hydrogen) atoms. The number of carbonyl (C=O) groups excluding carboxylic acids is 1. The minimum Gasteiger partial charge on any atom is -0.480 e. The van der Waals surface area contributed by atoms with Crippen LogP contribution in [0.1, 0.15) is 12.8 Å². The SMILES string of the molecule is O=C(Nc1ccc(-c2ccccc2)cc1)N[C@H](C(=O)O)C1CCOCC1. The summed E-state index contributed by atoms with van der Waals surface area (Å²) in [4.78, 5) is 23.7. The van der Waals surface area contributed by atoms with Crippen LogP contribution in [0, 0.1) is 5.92 Å². The molecule has 1 aliphatic rings. The smallest absolute Gasteiger partial charge is 0.326 e. The van der Waals surface area contributed by atoms with Gasteiger partial charge in [0.15, 0.2) is 0 Å². The van der Waals surface area contributed by atoms with Crippen LogP contribution in [0.3, 0.4) is 0 Å². The number of hydrogen-bond acceptors (Lipinski definition) is 3. The standard InChI is InChI=1S/C20H22N2O4/c23-19(24)18(16-10-12-26-13-11-16)22-20(25)21-17-8-6-15(7-9-17)14-4-2-1-3-5-14/h1-9,16,18H,10-13H2,(H,23,24)(H2,21,22,25)/t18-/m0/s1. The van der Waals surface area contributed by atoms with E-state index in [1.807, 2.05) is 42.5 Å². The van der Waals surface area contributed by atoms with Crippen LogP contribution in [0.25, 0.3) is 11.1 Å². The van der Waals surface area contributed by atoms with Crippen molar-refractivity contribution in [3.63, 3.8) is 0 Å². The summed E-state index contributed by atoms with van der Waals surface area (Å²) in [5.74, 6) is -1.14. The average Bonchev–Trinajstić information content (AvgIpc) is 2.68. The Kier molecular flexibility index (Phi) is 5.86. The second-order valence-corrected chi connectivity index (χ2v) is 6.31. The second kappa shape index (κ2) is 8.49. The maximum absolute atomic E-state index is 12.2. The van der Waals surface area contributed by atoms with E-state index in [-0.39, 0.29) is 5.92 Å². The molecule has 1 saturated heterocycles. The number of carboxylic acids is 1. The fraction of sp³-hybridized carbons (Fsp3) is 0.300. The number of nitrogens with one attached hydrogen (secondary N) is 2. The van der Waals surface area contributed by atoms with E-state index in [1.165, 1.54) is 0 Å². The van der Waals surface area contributed by atoms with E-state index in [0.717, 1.165) is 11.1 Å². The summed E-state index contributed by atoms with van der Waals surface area (Å²) in [5, 5.41) is 14.7. The first-order valence-corrected chi connectivity index (χ1v) is 8.67. The van der Waals surface area contributed by atoms with E-state index in [1.54, 1.807) is 12.1 Å². The van der Waals surface area contributed by atoms with Crippen LogP contribution in [-0.4, -0.2) is 36.4 Å². The highest BCUT2D eigenvalue weighted by Crippen LogP contribution is 2.22. The van der Waals surface area contributed by atoms with Gasteiger partial charge in [-0.15, -0.1) is 0 Å². The average molecular weight is 354 g/mol. The lowest BCUT2D eigenvalue weighted by molar-refractivity contribution is -0.141. The molecule has 1 heterocycles. The summed E-state index contributed by atoms with van der Waals surface area (Å²) < 4.78 is 5.26. The van der Waals surface area contributed by atoms with E-state index in [4.69, 9.17) is 4.74 Å². The first kappa shape index (κ1) is 17.9. The molecule has 2 aromatic carbocycles. The van der Waals surface area contributed by atoms with Crippen molar-refractivity contribution in [2.24, 2.45) is 5.92 Å². The van der Waals surface area contributed by atoms with Crippen LogP contribution in [0.15, 0.2) is 54.6 Å². The minimum atomic E-state index is -1.02. The zero-order chi connectivity index (χ0) is 18.4. The van der Waals surface area contributed by atoms with Crippen molar-refractivity contribution in [2.75, 3.05) is 18.5 Å². The third-order valence-electron chi connectivity index (χ3n) is 4.54. The van der Waals surface area contributed by atoms with E-state index in [9.17, 15) is 14.7 Å². The summed E-state index contributed by atoms with van der Waals surface area (Å²) >= 11 is 0. The highest BCUT2D eigenvalue weighted by Gasteiger charge is 2.31. The number of hydrogen-bond donors (Lipinski definition) is 3. The lowest BCUT2D eigenvalue weighted by atomic mass is 9.92. The zero-order valence-electron chi connectivity index (χ0n) is 14.4. The normalized spacial score (nSPS) is 15.8. The molecule has 6 heteroatoms.